The molecule has 32 heavy (non-hydrogen) atoms. The molecule has 6 nitrogen and oxygen atoms in total. The van der Waals surface area contributed by atoms with Crippen LogP contribution in [0.3, 0.4) is 0 Å². The quantitative estimate of drug-likeness (QED) is 0.361. The van der Waals surface area contributed by atoms with Gasteiger partial charge < -0.3 is 15.4 Å². The first-order valence-electron chi connectivity index (χ1n) is 10.4. The van der Waals surface area contributed by atoms with Crippen LogP contribution in [0.5, 0.6) is 0 Å². The van der Waals surface area contributed by atoms with Gasteiger partial charge >= 0.3 is 7.12 Å². The van der Waals surface area contributed by atoms with E-state index in [1.165, 1.54) is 0 Å². The maximum Gasteiger partial charge on any atom is 0.475 e. The van der Waals surface area contributed by atoms with Crippen molar-refractivity contribution >= 4 is 24.7 Å². The van der Waals surface area contributed by atoms with Crippen molar-refractivity contribution < 1.29 is 14.8 Å². The van der Waals surface area contributed by atoms with Gasteiger partial charge in [-0.25, -0.2) is 0 Å². The second-order valence-corrected chi connectivity index (χ2v) is 7.41. The molecule has 0 bridgehead atoms. The summed E-state index contributed by atoms with van der Waals surface area (Å²) < 4.78 is 0. The van der Waals surface area contributed by atoms with E-state index in [1.54, 1.807) is 24.4 Å². The van der Waals surface area contributed by atoms with Crippen molar-refractivity contribution in [3.8, 4) is 6.07 Å². The van der Waals surface area contributed by atoms with Crippen LogP contribution in [0.1, 0.15) is 28.8 Å². The molecule has 0 saturated carbocycles. The smallest absolute Gasteiger partial charge is 0.426 e. The van der Waals surface area contributed by atoms with Crippen LogP contribution in [0.25, 0.3) is 11.6 Å². The van der Waals surface area contributed by atoms with E-state index in [4.69, 9.17) is 0 Å². The third-order valence-electron chi connectivity index (χ3n) is 4.97. The minimum absolute atomic E-state index is 0.205. The molecule has 0 aliphatic carbocycles. The van der Waals surface area contributed by atoms with Crippen LogP contribution >= 0.6 is 0 Å². The Morgan fingerprint density at radius 1 is 1.06 bits per heavy atom. The lowest BCUT2D eigenvalue weighted by atomic mass is 9.76. The third kappa shape index (κ3) is 6.91. The first kappa shape index (κ1) is 22.9. The molecule has 3 N–H and O–H groups in total. The van der Waals surface area contributed by atoms with Crippen LogP contribution < -0.4 is 5.32 Å². The van der Waals surface area contributed by atoms with Gasteiger partial charge in [0.05, 0.1) is 17.2 Å². The van der Waals surface area contributed by atoms with Gasteiger partial charge in [0.2, 0.25) is 5.91 Å². The molecule has 160 valence electrons. The fraction of sp³-hybridized carbons (Fsp3) is 0.160. The number of carbonyl (C=O) groups excluding carboxylic acids is 1. The van der Waals surface area contributed by atoms with Gasteiger partial charge in [-0.1, -0.05) is 60.7 Å². The summed E-state index contributed by atoms with van der Waals surface area (Å²) in [5, 5.41) is 31.5. The zero-order chi connectivity index (χ0) is 22.8. The Morgan fingerprint density at radius 3 is 2.50 bits per heavy atom. The molecule has 1 heterocycles. The van der Waals surface area contributed by atoms with E-state index in [0.717, 1.165) is 16.7 Å². The predicted octanol–water partition coefficient (Wildman–Crippen LogP) is 2.82. The molecule has 1 atom stereocenters. The Kier molecular flexibility index (Phi) is 8.33. The lowest BCUT2D eigenvalue weighted by Crippen LogP contribution is -2.47. The SMILES string of the molecule is N#CC(=Cc1cccc(CCC(=O)NC(Cc2ccccc2)B(O)O)c1)c1ccccn1. The van der Waals surface area contributed by atoms with Crippen LogP contribution in [0, 0.1) is 11.3 Å². The number of pyridine rings is 1. The number of allylic oxidation sites excluding steroid dienone is 1. The molecule has 1 aromatic heterocycles. The molecule has 2 aromatic carbocycles. The molecule has 1 amide bonds. The molecule has 3 rings (SSSR count). The molecular formula is C25H24BN3O3. The van der Waals surface area contributed by atoms with Gasteiger partial charge in [-0.05, 0) is 47.7 Å². The lowest BCUT2D eigenvalue weighted by Gasteiger charge is -2.18. The average molecular weight is 425 g/mol. The number of benzene rings is 2. The Hall–Kier alpha value is -3.73. The van der Waals surface area contributed by atoms with Crippen LogP contribution in [0.4, 0.5) is 0 Å². The number of hydrogen-bond acceptors (Lipinski definition) is 5. The first-order valence-corrected chi connectivity index (χ1v) is 10.4. The molecule has 0 aliphatic heterocycles. The fourth-order valence-electron chi connectivity index (χ4n) is 3.33. The number of amides is 1. The summed E-state index contributed by atoms with van der Waals surface area (Å²) in [6.07, 6.45) is 4.43. The summed E-state index contributed by atoms with van der Waals surface area (Å²) in [4.78, 5) is 16.6. The van der Waals surface area contributed by atoms with E-state index in [-0.39, 0.29) is 12.3 Å². The standard InChI is InChI=1S/C25H24BN3O3/c27-18-22(23-11-4-5-14-28-23)16-21-10-6-9-20(15-21)12-13-25(30)29-24(26(31)32)17-19-7-2-1-3-8-19/h1-11,14-16,24,31-32H,12-13,17H2,(H,29,30). The van der Waals surface area contributed by atoms with Gasteiger partial charge in [0.25, 0.3) is 0 Å². The summed E-state index contributed by atoms with van der Waals surface area (Å²) in [7, 11) is -1.65. The van der Waals surface area contributed by atoms with Crippen molar-refractivity contribution in [1.29, 1.82) is 5.26 Å². The van der Waals surface area contributed by atoms with E-state index >= 15 is 0 Å². The van der Waals surface area contributed by atoms with Crippen LogP contribution in [-0.4, -0.2) is 34.0 Å². The minimum atomic E-state index is -1.65. The molecule has 3 aromatic rings. The van der Waals surface area contributed by atoms with Crippen LogP contribution in [-0.2, 0) is 17.6 Å². The van der Waals surface area contributed by atoms with Gasteiger partial charge in [0.15, 0.2) is 0 Å². The van der Waals surface area contributed by atoms with E-state index in [1.807, 2.05) is 60.7 Å². The van der Waals surface area contributed by atoms with Crippen molar-refractivity contribution in [2.24, 2.45) is 0 Å². The van der Waals surface area contributed by atoms with Crippen molar-refractivity contribution in [3.63, 3.8) is 0 Å². The van der Waals surface area contributed by atoms with E-state index in [2.05, 4.69) is 16.4 Å². The van der Waals surface area contributed by atoms with Gasteiger partial charge in [-0.3, -0.25) is 9.78 Å². The molecule has 7 heteroatoms. The van der Waals surface area contributed by atoms with Crippen molar-refractivity contribution in [1.82, 2.24) is 10.3 Å². The van der Waals surface area contributed by atoms with Gasteiger partial charge in [0.1, 0.15) is 6.07 Å². The molecule has 0 spiro atoms. The summed E-state index contributed by atoms with van der Waals surface area (Å²) in [6, 6.07) is 24.6. The molecule has 0 fully saturated rings. The highest BCUT2D eigenvalue weighted by Gasteiger charge is 2.25. The number of carbonyl (C=O) groups is 1. The second kappa shape index (κ2) is 11.6. The molecule has 0 aliphatic rings. The highest BCUT2D eigenvalue weighted by Crippen LogP contribution is 2.17. The summed E-state index contributed by atoms with van der Waals surface area (Å²) in [5.74, 6) is -1.04. The second-order valence-electron chi connectivity index (χ2n) is 7.41. The Morgan fingerprint density at radius 2 is 1.81 bits per heavy atom. The van der Waals surface area contributed by atoms with Crippen LogP contribution in [0.15, 0.2) is 79.0 Å². The Labute approximate surface area is 188 Å². The zero-order valence-electron chi connectivity index (χ0n) is 17.6. The molecular weight excluding hydrogens is 401 g/mol. The highest BCUT2D eigenvalue weighted by atomic mass is 16.4. The van der Waals surface area contributed by atoms with Gasteiger partial charge in [-0.2, -0.15) is 5.26 Å². The topological polar surface area (TPSA) is 106 Å². The van der Waals surface area contributed by atoms with E-state index in [0.29, 0.717) is 24.1 Å². The number of aromatic nitrogens is 1. The van der Waals surface area contributed by atoms with E-state index in [9.17, 15) is 20.1 Å². The number of rotatable bonds is 9. The number of nitriles is 1. The number of nitrogens with one attached hydrogen (secondary N) is 1. The summed E-state index contributed by atoms with van der Waals surface area (Å²) in [5.41, 5.74) is 3.76. The van der Waals surface area contributed by atoms with Crippen molar-refractivity contribution in [2.75, 3.05) is 0 Å². The number of aryl methyl sites for hydroxylation is 1. The molecule has 1 unspecified atom stereocenters. The van der Waals surface area contributed by atoms with Crippen molar-refractivity contribution in [3.05, 3.63) is 101 Å². The number of hydrogen-bond donors (Lipinski definition) is 3. The Bertz CT molecular complexity index is 1100. The van der Waals surface area contributed by atoms with Crippen molar-refractivity contribution in [2.45, 2.75) is 25.2 Å². The zero-order valence-corrected chi connectivity index (χ0v) is 17.6. The Balaban J connectivity index is 1.61. The minimum Gasteiger partial charge on any atom is -0.426 e. The molecule has 0 saturated heterocycles. The normalized spacial score (nSPS) is 12.0. The third-order valence-corrected chi connectivity index (χ3v) is 4.97. The van der Waals surface area contributed by atoms with Crippen LogP contribution in [0.2, 0.25) is 0 Å². The summed E-state index contributed by atoms with van der Waals surface area (Å²) in [6.45, 7) is 0. The fourth-order valence-corrected chi connectivity index (χ4v) is 3.33. The monoisotopic (exact) mass is 425 g/mol. The predicted molar refractivity (Wildman–Crippen MR) is 125 cm³/mol. The summed E-state index contributed by atoms with van der Waals surface area (Å²) >= 11 is 0. The van der Waals surface area contributed by atoms with Gasteiger partial charge in [0, 0.05) is 12.6 Å². The first-order chi connectivity index (χ1) is 15.5. The average Bonchev–Trinajstić information content (AvgIpc) is 2.82. The maximum absolute atomic E-state index is 12.4. The largest absolute Gasteiger partial charge is 0.475 e. The molecule has 0 radical (unpaired) electrons. The lowest BCUT2D eigenvalue weighted by molar-refractivity contribution is -0.121. The van der Waals surface area contributed by atoms with Gasteiger partial charge in [-0.15, -0.1) is 0 Å². The highest BCUT2D eigenvalue weighted by molar-refractivity contribution is 6.43. The number of nitrogens with zero attached hydrogens (tertiary/aromatic N) is 2. The maximum atomic E-state index is 12.4. The van der Waals surface area contributed by atoms with E-state index < -0.39 is 13.1 Å².